The molecule has 2 heterocycles. The first-order valence-corrected chi connectivity index (χ1v) is 9.38. The van der Waals surface area contributed by atoms with E-state index in [0.29, 0.717) is 12.4 Å². The molecule has 0 fully saturated rings. The number of hydrogen-bond donors (Lipinski definition) is 2. The van der Waals surface area contributed by atoms with Gasteiger partial charge in [0, 0.05) is 37.7 Å². The molecule has 0 radical (unpaired) electrons. The highest BCUT2D eigenvalue weighted by Gasteiger charge is 2.01. The maximum atomic E-state index is 5.16. The number of ether oxygens (including phenoxy) is 1. The molecular weight excluding hydrogens is 479 g/mol. The van der Waals surface area contributed by atoms with Gasteiger partial charge in [-0.05, 0) is 48.7 Å². The van der Waals surface area contributed by atoms with Gasteiger partial charge in [0.2, 0.25) is 5.88 Å². The van der Waals surface area contributed by atoms with Gasteiger partial charge in [-0.1, -0.05) is 12.1 Å². The van der Waals surface area contributed by atoms with Gasteiger partial charge in [-0.3, -0.25) is 0 Å². The third kappa shape index (κ3) is 7.04. The van der Waals surface area contributed by atoms with E-state index in [1.807, 2.05) is 29.1 Å². The maximum Gasteiger partial charge on any atom is 0.213 e. The van der Waals surface area contributed by atoms with E-state index < -0.39 is 0 Å². The number of halogens is 1. The molecule has 0 saturated carbocycles. The summed E-state index contributed by atoms with van der Waals surface area (Å²) in [7, 11) is 1.61. The number of nitrogens with zero attached hydrogens (tertiary/aromatic N) is 4. The van der Waals surface area contributed by atoms with E-state index in [-0.39, 0.29) is 24.0 Å². The van der Waals surface area contributed by atoms with E-state index in [0.717, 1.165) is 36.7 Å². The zero-order valence-corrected chi connectivity index (χ0v) is 19.0. The lowest BCUT2D eigenvalue weighted by Gasteiger charge is -2.12. The lowest BCUT2D eigenvalue weighted by Crippen LogP contribution is -2.38. The number of rotatable bonds is 8. The Balaban J connectivity index is 0.00000300. The molecule has 29 heavy (non-hydrogen) atoms. The van der Waals surface area contributed by atoms with Crippen LogP contribution in [0.3, 0.4) is 0 Å². The van der Waals surface area contributed by atoms with Crippen LogP contribution in [0.25, 0.3) is 5.69 Å². The van der Waals surface area contributed by atoms with E-state index in [4.69, 9.17) is 4.74 Å². The van der Waals surface area contributed by atoms with Gasteiger partial charge in [0.15, 0.2) is 5.96 Å². The topological polar surface area (TPSA) is 76.4 Å². The number of nitrogens with one attached hydrogen (secondary N) is 2. The van der Waals surface area contributed by atoms with Crippen molar-refractivity contribution in [2.75, 3.05) is 20.2 Å². The molecule has 0 spiro atoms. The van der Waals surface area contributed by atoms with Crippen molar-refractivity contribution in [3.63, 3.8) is 0 Å². The average molecular weight is 506 g/mol. The van der Waals surface area contributed by atoms with Crippen molar-refractivity contribution < 1.29 is 4.74 Å². The van der Waals surface area contributed by atoms with E-state index in [1.165, 1.54) is 5.56 Å². The molecule has 0 bridgehead atoms. The summed E-state index contributed by atoms with van der Waals surface area (Å²) in [5.41, 5.74) is 3.38. The molecule has 1 aromatic carbocycles. The van der Waals surface area contributed by atoms with E-state index in [1.54, 1.807) is 19.5 Å². The summed E-state index contributed by atoms with van der Waals surface area (Å²) in [4.78, 5) is 8.76. The van der Waals surface area contributed by atoms with Crippen molar-refractivity contribution in [1.29, 1.82) is 0 Å². The number of guanidine groups is 1. The molecule has 0 atom stereocenters. The Bertz CT molecular complexity index is 880. The highest BCUT2D eigenvalue weighted by atomic mass is 127. The molecule has 3 aromatic rings. The molecule has 3 rings (SSSR count). The normalized spacial score (nSPS) is 10.9. The Kier molecular flexibility index (Phi) is 9.42. The molecule has 0 aliphatic rings. The van der Waals surface area contributed by atoms with Crippen LogP contribution in [0.5, 0.6) is 5.88 Å². The third-order valence-corrected chi connectivity index (χ3v) is 4.18. The van der Waals surface area contributed by atoms with Crippen LogP contribution in [0.2, 0.25) is 0 Å². The first-order valence-electron chi connectivity index (χ1n) is 9.38. The van der Waals surface area contributed by atoms with Crippen LogP contribution in [0.15, 0.2) is 66.0 Å². The lowest BCUT2D eigenvalue weighted by molar-refractivity contribution is 0.397. The van der Waals surface area contributed by atoms with Crippen molar-refractivity contribution in [3.8, 4) is 11.6 Å². The third-order valence-electron chi connectivity index (χ3n) is 4.18. The zero-order valence-electron chi connectivity index (χ0n) is 16.7. The zero-order chi connectivity index (χ0) is 19.6. The second-order valence-electron chi connectivity index (χ2n) is 6.20. The van der Waals surface area contributed by atoms with Crippen LogP contribution >= 0.6 is 24.0 Å². The molecule has 0 aliphatic heterocycles. The van der Waals surface area contributed by atoms with Crippen molar-refractivity contribution in [2.24, 2.45) is 4.99 Å². The van der Waals surface area contributed by atoms with Crippen molar-refractivity contribution >= 4 is 29.9 Å². The molecule has 7 nitrogen and oxygen atoms in total. The standard InChI is InChI=1S/C21H26N6O.HI/c1-3-22-21(25-16-18-10-12-23-20(15-18)28-2)24-13-9-17-5-7-19(8-6-17)27-14-4-11-26-27;/h4-8,10-12,14-15H,3,9,13,16H2,1-2H3,(H2,22,24,25);1H. The number of aliphatic imine (C=N–C) groups is 1. The molecule has 2 aromatic heterocycles. The average Bonchev–Trinajstić information content (AvgIpc) is 3.27. The summed E-state index contributed by atoms with van der Waals surface area (Å²) in [6.45, 7) is 4.23. The summed E-state index contributed by atoms with van der Waals surface area (Å²) in [5, 5.41) is 10.9. The predicted octanol–water partition coefficient (Wildman–Crippen LogP) is 3.19. The van der Waals surface area contributed by atoms with Crippen LogP contribution < -0.4 is 15.4 Å². The van der Waals surface area contributed by atoms with Crippen LogP contribution in [-0.4, -0.2) is 40.9 Å². The Morgan fingerprint density at radius 2 is 1.93 bits per heavy atom. The van der Waals surface area contributed by atoms with Crippen LogP contribution in [0.4, 0.5) is 0 Å². The van der Waals surface area contributed by atoms with Gasteiger partial charge in [-0.2, -0.15) is 5.10 Å². The Labute approximate surface area is 188 Å². The first-order chi connectivity index (χ1) is 13.8. The number of aromatic nitrogens is 3. The quantitative estimate of drug-likeness (QED) is 0.279. The van der Waals surface area contributed by atoms with E-state index >= 15 is 0 Å². The minimum absolute atomic E-state index is 0. The summed E-state index contributed by atoms with van der Waals surface area (Å²) in [6.07, 6.45) is 6.36. The minimum Gasteiger partial charge on any atom is -0.481 e. The number of hydrogen-bond acceptors (Lipinski definition) is 4. The van der Waals surface area contributed by atoms with E-state index in [9.17, 15) is 0 Å². The van der Waals surface area contributed by atoms with Gasteiger partial charge in [0.25, 0.3) is 0 Å². The number of methoxy groups -OCH3 is 1. The van der Waals surface area contributed by atoms with Crippen LogP contribution in [0, 0.1) is 0 Å². The second kappa shape index (κ2) is 12.1. The smallest absolute Gasteiger partial charge is 0.213 e. The Morgan fingerprint density at radius 3 is 2.62 bits per heavy atom. The summed E-state index contributed by atoms with van der Waals surface area (Å²) in [6, 6.07) is 14.2. The molecule has 0 aliphatic carbocycles. The summed E-state index contributed by atoms with van der Waals surface area (Å²) in [5.74, 6) is 1.40. The second-order valence-corrected chi connectivity index (χ2v) is 6.20. The van der Waals surface area contributed by atoms with Gasteiger partial charge in [0.05, 0.1) is 19.3 Å². The van der Waals surface area contributed by atoms with Crippen molar-refractivity contribution in [3.05, 3.63) is 72.2 Å². The fourth-order valence-electron chi connectivity index (χ4n) is 2.73. The van der Waals surface area contributed by atoms with Gasteiger partial charge in [-0.25, -0.2) is 14.7 Å². The van der Waals surface area contributed by atoms with Gasteiger partial charge < -0.3 is 15.4 Å². The van der Waals surface area contributed by atoms with E-state index in [2.05, 4.69) is 56.9 Å². The monoisotopic (exact) mass is 506 g/mol. The highest BCUT2D eigenvalue weighted by Crippen LogP contribution is 2.10. The summed E-state index contributed by atoms with van der Waals surface area (Å²) >= 11 is 0. The SMILES string of the molecule is CCNC(=NCc1ccnc(OC)c1)NCCc1ccc(-n2cccn2)cc1.I. The number of benzene rings is 1. The lowest BCUT2D eigenvalue weighted by atomic mass is 10.1. The summed E-state index contributed by atoms with van der Waals surface area (Å²) < 4.78 is 7.01. The Hall–Kier alpha value is -2.62. The van der Waals surface area contributed by atoms with Gasteiger partial charge in [-0.15, -0.1) is 24.0 Å². The van der Waals surface area contributed by atoms with Crippen LogP contribution in [0.1, 0.15) is 18.1 Å². The maximum absolute atomic E-state index is 5.16. The fourth-order valence-corrected chi connectivity index (χ4v) is 2.73. The Morgan fingerprint density at radius 1 is 1.10 bits per heavy atom. The van der Waals surface area contributed by atoms with Gasteiger partial charge in [0.1, 0.15) is 0 Å². The molecule has 154 valence electrons. The van der Waals surface area contributed by atoms with Crippen molar-refractivity contribution in [1.82, 2.24) is 25.4 Å². The predicted molar refractivity (Wildman–Crippen MR) is 126 cm³/mol. The molecule has 0 unspecified atom stereocenters. The molecule has 8 heteroatoms. The molecule has 2 N–H and O–H groups in total. The highest BCUT2D eigenvalue weighted by molar-refractivity contribution is 14.0. The van der Waals surface area contributed by atoms with Crippen molar-refractivity contribution in [2.45, 2.75) is 19.9 Å². The fraction of sp³-hybridized carbons (Fsp3) is 0.286. The first kappa shape index (κ1) is 22.7. The molecule has 0 amide bonds. The molecular formula is C21H27IN6O. The van der Waals surface area contributed by atoms with Gasteiger partial charge >= 0.3 is 0 Å². The minimum atomic E-state index is 0. The van der Waals surface area contributed by atoms with Crippen LogP contribution in [-0.2, 0) is 13.0 Å². The molecule has 0 saturated heterocycles. The largest absolute Gasteiger partial charge is 0.481 e. The number of pyridine rings is 1.